The summed E-state index contributed by atoms with van der Waals surface area (Å²) in [5, 5.41) is 2.91. The van der Waals surface area contributed by atoms with Crippen LogP contribution in [0.2, 0.25) is 0 Å². The van der Waals surface area contributed by atoms with Crippen molar-refractivity contribution in [2.75, 3.05) is 19.8 Å². The van der Waals surface area contributed by atoms with Gasteiger partial charge < -0.3 is 14.8 Å². The maximum absolute atomic E-state index is 11.7. The standard InChI is InChI=1S/C17H27NO3/c1-13(2)11-20-9-8-17(19)18-15(4)12-21-16-7-5-6-14(3)10-16/h5-7,10,13,15H,8-9,11-12H2,1-4H3,(H,18,19). The molecule has 4 heteroatoms. The number of benzene rings is 1. The molecule has 1 aromatic carbocycles. The molecule has 1 atom stereocenters. The number of carbonyl (C=O) groups is 1. The Labute approximate surface area is 127 Å². The first-order valence-corrected chi connectivity index (χ1v) is 7.54. The molecule has 0 radical (unpaired) electrons. The largest absolute Gasteiger partial charge is 0.491 e. The summed E-state index contributed by atoms with van der Waals surface area (Å²) in [7, 11) is 0. The molecule has 1 N–H and O–H groups in total. The summed E-state index contributed by atoms with van der Waals surface area (Å²) in [6, 6.07) is 7.85. The molecule has 0 fully saturated rings. The zero-order valence-electron chi connectivity index (χ0n) is 13.5. The van der Waals surface area contributed by atoms with Gasteiger partial charge in [-0.3, -0.25) is 4.79 Å². The van der Waals surface area contributed by atoms with E-state index in [1.54, 1.807) is 0 Å². The van der Waals surface area contributed by atoms with Gasteiger partial charge in [0.25, 0.3) is 0 Å². The third-order valence-electron chi connectivity index (χ3n) is 2.82. The van der Waals surface area contributed by atoms with Crippen LogP contribution >= 0.6 is 0 Å². The second kappa shape index (κ2) is 9.40. The fraction of sp³-hybridized carbons (Fsp3) is 0.588. The third kappa shape index (κ3) is 8.35. The molecule has 4 nitrogen and oxygen atoms in total. The molecule has 0 spiro atoms. The summed E-state index contributed by atoms with van der Waals surface area (Å²) in [6.07, 6.45) is 0.390. The first kappa shape index (κ1) is 17.5. The summed E-state index contributed by atoms with van der Waals surface area (Å²) in [6.45, 7) is 9.75. The number of rotatable bonds is 9. The Morgan fingerprint density at radius 2 is 2.00 bits per heavy atom. The van der Waals surface area contributed by atoms with Crippen LogP contribution in [0.3, 0.4) is 0 Å². The molecular formula is C17H27NO3. The van der Waals surface area contributed by atoms with Crippen LogP contribution in [0, 0.1) is 12.8 Å². The van der Waals surface area contributed by atoms with Crippen LogP contribution in [0.25, 0.3) is 0 Å². The minimum atomic E-state index is -0.0249. The van der Waals surface area contributed by atoms with Crippen LogP contribution in [0.4, 0.5) is 0 Å². The first-order valence-electron chi connectivity index (χ1n) is 7.54. The highest BCUT2D eigenvalue weighted by Crippen LogP contribution is 2.12. The number of amides is 1. The van der Waals surface area contributed by atoms with Crippen LogP contribution in [0.5, 0.6) is 5.75 Å². The number of aryl methyl sites for hydroxylation is 1. The number of ether oxygens (including phenoxy) is 2. The Bertz CT molecular complexity index is 432. The lowest BCUT2D eigenvalue weighted by Gasteiger charge is -2.15. The van der Waals surface area contributed by atoms with Crippen LogP contribution < -0.4 is 10.1 Å². The maximum atomic E-state index is 11.7. The van der Waals surface area contributed by atoms with E-state index in [2.05, 4.69) is 19.2 Å². The molecule has 118 valence electrons. The Balaban J connectivity index is 2.17. The van der Waals surface area contributed by atoms with Gasteiger partial charge in [-0.1, -0.05) is 26.0 Å². The minimum Gasteiger partial charge on any atom is -0.491 e. The number of hydrogen-bond donors (Lipinski definition) is 1. The molecule has 0 saturated carbocycles. The van der Waals surface area contributed by atoms with Gasteiger partial charge in [0.1, 0.15) is 12.4 Å². The van der Waals surface area contributed by atoms with E-state index in [0.717, 1.165) is 11.3 Å². The molecule has 0 aliphatic carbocycles. The Kier molecular flexibility index (Phi) is 7.83. The van der Waals surface area contributed by atoms with E-state index in [9.17, 15) is 4.79 Å². The summed E-state index contributed by atoms with van der Waals surface area (Å²) in [5.74, 6) is 1.32. The fourth-order valence-corrected chi connectivity index (χ4v) is 1.80. The average molecular weight is 293 g/mol. The highest BCUT2D eigenvalue weighted by molar-refractivity contribution is 5.76. The van der Waals surface area contributed by atoms with Gasteiger partial charge in [0.2, 0.25) is 5.91 Å². The highest BCUT2D eigenvalue weighted by Gasteiger charge is 2.08. The fourth-order valence-electron chi connectivity index (χ4n) is 1.80. The van der Waals surface area contributed by atoms with Crippen LogP contribution in [-0.2, 0) is 9.53 Å². The Morgan fingerprint density at radius 1 is 1.24 bits per heavy atom. The van der Waals surface area contributed by atoms with Crippen LogP contribution in [0.1, 0.15) is 32.8 Å². The molecule has 1 unspecified atom stereocenters. The van der Waals surface area contributed by atoms with E-state index in [-0.39, 0.29) is 11.9 Å². The van der Waals surface area contributed by atoms with E-state index in [1.165, 1.54) is 0 Å². The Morgan fingerprint density at radius 3 is 2.67 bits per heavy atom. The molecule has 1 amide bonds. The van der Waals surface area contributed by atoms with Gasteiger partial charge in [-0.2, -0.15) is 0 Å². The van der Waals surface area contributed by atoms with Crippen molar-refractivity contribution >= 4 is 5.91 Å². The summed E-state index contributed by atoms with van der Waals surface area (Å²) >= 11 is 0. The second-order valence-corrected chi connectivity index (χ2v) is 5.81. The molecule has 0 saturated heterocycles. The number of nitrogens with one attached hydrogen (secondary N) is 1. The lowest BCUT2D eigenvalue weighted by Crippen LogP contribution is -2.37. The smallest absolute Gasteiger partial charge is 0.222 e. The van der Waals surface area contributed by atoms with Crippen molar-refractivity contribution in [2.45, 2.75) is 40.2 Å². The van der Waals surface area contributed by atoms with Gasteiger partial charge >= 0.3 is 0 Å². The van der Waals surface area contributed by atoms with E-state index in [0.29, 0.717) is 32.2 Å². The van der Waals surface area contributed by atoms with Gasteiger partial charge in [-0.05, 0) is 37.5 Å². The van der Waals surface area contributed by atoms with Crippen molar-refractivity contribution in [3.8, 4) is 5.75 Å². The van der Waals surface area contributed by atoms with Crippen molar-refractivity contribution < 1.29 is 14.3 Å². The normalized spacial score (nSPS) is 12.2. The van der Waals surface area contributed by atoms with E-state index < -0.39 is 0 Å². The van der Waals surface area contributed by atoms with Crippen molar-refractivity contribution in [2.24, 2.45) is 5.92 Å². The zero-order chi connectivity index (χ0) is 15.7. The first-order chi connectivity index (χ1) is 9.97. The van der Waals surface area contributed by atoms with E-state index in [1.807, 2.05) is 38.1 Å². The molecule has 0 aliphatic heterocycles. The molecule has 0 aromatic heterocycles. The molecule has 0 aliphatic rings. The van der Waals surface area contributed by atoms with Gasteiger partial charge in [0.05, 0.1) is 12.6 Å². The quantitative estimate of drug-likeness (QED) is 0.712. The lowest BCUT2D eigenvalue weighted by molar-refractivity contribution is -0.123. The molecular weight excluding hydrogens is 266 g/mol. The van der Waals surface area contributed by atoms with E-state index >= 15 is 0 Å². The van der Waals surface area contributed by atoms with Gasteiger partial charge in [-0.25, -0.2) is 0 Å². The van der Waals surface area contributed by atoms with Crippen LogP contribution in [0.15, 0.2) is 24.3 Å². The lowest BCUT2D eigenvalue weighted by atomic mass is 10.2. The topological polar surface area (TPSA) is 47.6 Å². The highest BCUT2D eigenvalue weighted by atomic mass is 16.5. The van der Waals surface area contributed by atoms with Crippen molar-refractivity contribution in [3.63, 3.8) is 0 Å². The zero-order valence-corrected chi connectivity index (χ0v) is 13.5. The summed E-state index contributed by atoms with van der Waals surface area (Å²) in [5.41, 5.74) is 1.16. The van der Waals surface area contributed by atoms with Crippen molar-refractivity contribution in [1.29, 1.82) is 0 Å². The average Bonchev–Trinajstić information content (AvgIpc) is 2.41. The summed E-state index contributed by atoms with van der Waals surface area (Å²) in [4.78, 5) is 11.7. The van der Waals surface area contributed by atoms with Crippen molar-refractivity contribution in [1.82, 2.24) is 5.32 Å². The van der Waals surface area contributed by atoms with Crippen LogP contribution in [-0.4, -0.2) is 31.8 Å². The van der Waals surface area contributed by atoms with Gasteiger partial charge in [-0.15, -0.1) is 0 Å². The molecule has 21 heavy (non-hydrogen) atoms. The molecule has 1 rings (SSSR count). The second-order valence-electron chi connectivity index (χ2n) is 5.81. The third-order valence-corrected chi connectivity index (χ3v) is 2.82. The number of carbonyl (C=O) groups excluding carboxylic acids is 1. The number of hydrogen-bond acceptors (Lipinski definition) is 3. The van der Waals surface area contributed by atoms with Gasteiger partial charge in [0.15, 0.2) is 0 Å². The minimum absolute atomic E-state index is 0.000835. The SMILES string of the molecule is Cc1cccc(OCC(C)NC(=O)CCOCC(C)C)c1. The predicted octanol–water partition coefficient (Wildman–Crippen LogP) is 2.94. The van der Waals surface area contributed by atoms with Crippen molar-refractivity contribution in [3.05, 3.63) is 29.8 Å². The van der Waals surface area contributed by atoms with E-state index in [4.69, 9.17) is 9.47 Å². The maximum Gasteiger partial charge on any atom is 0.222 e. The molecule has 0 heterocycles. The Hall–Kier alpha value is -1.55. The molecule has 1 aromatic rings. The summed E-state index contributed by atoms with van der Waals surface area (Å²) < 4.78 is 11.1. The molecule has 0 bridgehead atoms. The predicted molar refractivity (Wildman–Crippen MR) is 84.6 cm³/mol. The van der Waals surface area contributed by atoms with Gasteiger partial charge in [0, 0.05) is 13.0 Å². The monoisotopic (exact) mass is 293 g/mol.